The Bertz CT molecular complexity index is 2680. The second kappa shape index (κ2) is 11.0. The molecule has 250 valence electrons. The molecule has 1 aliphatic heterocycles. The van der Waals surface area contributed by atoms with E-state index < -0.39 is 5.41 Å². The molecule has 2 aliphatic carbocycles. The monoisotopic (exact) mass is 678 g/mol. The van der Waals surface area contributed by atoms with Gasteiger partial charge in [-0.25, -0.2) is 9.97 Å². The lowest BCUT2D eigenvalue weighted by Crippen LogP contribution is -2.32. The summed E-state index contributed by atoms with van der Waals surface area (Å²) in [6.45, 7) is 4.69. The normalized spacial score (nSPS) is 14.7. The third-order valence-electron chi connectivity index (χ3n) is 11.8. The predicted molar refractivity (Wildman–Crippen MR) is 213 cm³/mol. The van der Waals surface area contributed by atoms with Crippen molar-refractivity contribution in [2.24, 2.45) is 0 Å². The lowest BCUT2D eigenvalue weighted by atomic mass is 9.65. The van der Waals surface area contributed by atoms with Crippen LogP contribution in [0.4, 0.5) is 0 Å². The molecule has 0 N–H and O–H groups in total. The minimum absolute atomic E-state index is 0.333. The zero-order chi connectivity index (χ0) is 35.3. The number of para-hydroxylation sites is 1. The largest absolute Gasteiger partial charge is 0.456 e. The Kier molecular flexibility index (Phi) is 6.22. The number of ether oxygens (including phenoxy) is 1. The van der Waals surface area contributed by atoms with Crippen LogP contribution in [-0.2, 0) is 10.8 Å². The standard InChI is InChI=1S/C50H34N2O/c1-49(2)40-28-29-41-47(53-44-27-14-13-26-39(44)50(41)37-24-11-9-20-33(37)34-21-10-12-25-38(34)50)45(40)36-23-15-22-35(46(36)49)43-30-42(31-16-5-3-6-17-31)51-48(52-43)32-18-7-4-8-19-32/h3-30H,1-2H3. The van der Waals surface area contributed by atoms with E-state index in [-0.39, 0.29) is 5.41 Å². The average molecular weight is 679 g/mol. The Morgan fingerprint density at radius 3 is 1.70 bits per heavy atom. The van der Waals surface area contributed by atoms with Crippen molar-refractivity contribution < 1.29 is 4.74 Å². The Labute approximate surface area is 309 Å². The summed E-state index contributed by atoms with van der Waals surface area (Å²) < 4.78 is 7.16. The topological polar surface area (TPSA) is 35.0 Å². The first kappa shape index (κ1) is 30.1. The number of rotatable bonds is 3. The molecular formula is C50H34N2O. The van der Waals surface area contributed by atoms with E-state index in [4.69, 9.17) is 14.7 Å². The maximum atomic E-state index is 7.16. The SMILES string of the molecule is CC1(C)c2ccc3c(c2-c2cccc(-c4cc(-c5ccccc5)nc(-c5ccccc5)n4)c21)Oc1ccccc1C31c2ccccc2-c2ccccc21. The van der Waals surface area contributed by atoms with Crippen LogP contribution in [-0.4, -0.2) is 9.97 Å². The van der Waals surface area contributed by atoms with Gasteiger partial charge in [0.1, 0.15) is 11.5 Å². The molecule has 3 heteroatoms. The highest BCUT2D eigenvalue weighted by Crippen LogP contribution is 2.66. The molecule has 0 radical (unpaired) electrons. The predicted octanol–water partition coefficient (Wildman–Crippen LogP) is 12.3. The van der Waals surface area contributed by atoms with Gasteiger partial charge in [-0.15, -0.1) is 0 Å². The highest BCUT2D eigenvalue weighted by Gasteiger charge is 2.53. The van der Waals surface area contributed by atoms with Gasteiger partial charge in [0.2, 0.25) is 0 Å². The number of benzene rings is 7. The molecule has 7 aromatic carbocycles. The van der Waals surface area contributed by atoms with Gasteiger partial charge in [-0.05, 0) is 51.1 Å². The number of hydrogen-bond donors (Lipinski definition) is 0. The molecule has 3 nitrogen and oxygen atoms in total. The molecule has 2 heterocycles. The maximum Gasteiger partial charge on any atom is 0.160 e. The van der Waals surface area contributed by atoms with Crippen LogP contribution in [0.15, 0.2) is 170 Å². The van der Waals surface area contributed by atoms with Crippen molar-refractivity contribution in [3.63, 3.8) is 0 Å². The van der Waals surface area contributed by atoms with Gasteiger partial charge in [-0.2, -0.15) is 0 Å². The summed E-state index contributed by atoms with van der Waals surface area (Å²) in [5, 5.41) is 0. The minimum Gasteiger partial charge on any atom is -0.456 e. The third kappa shape index (κ3) is 4.05. The molecule has 1 aromatic heterocycles. The molecule has 0 bridgehead atoms. The lowest BCUT2D eigenvalue weighted by Gasteiger charge is -2.40. The molecule has 0 saturated carbocycles. The van der Waals surface area contributed by atoms with Crippen LogP contribution in [0.5, 0.6) is 11.5 Å². The number of hydrogen-bond acceptors (Lipinski definition) is 3. The molecule has 3 aliphatic rings. The molecule has 0 unspecified atom stereocenters. The summed E-state index contributed by atoms with van der Waals surface area (Å²) >= 11 is 0. The molecule has 11 rings (SSSR count). The maximum absolute atomic E-state index is 7.16. The average Bonchev–Trinajstić information content (AvgIpc) is 3.64. The van der Waals surface area contributed by atoms with E-state index in [0.29, 0.717) is 5.82 Å². The molecule has 53 heavy (non-hydrogen) atoms. The van der Waals surface area contributed by atoms with Gasteiger partial charge in [-0.1, -0.05) is 172 Å². The van der Waals surface area contributed by atoms with Crippen molar-refractivity contribution in [2.45, 2.75) is 24.7 Å². The van der Waals surface area contributed by atoms with E-state index in [9.17, 15) is 0 Å². The quantitative estimate of drug-likeness (QED) is 0.187. The summed E-state index contributed by atoms with van der Waals surface area (Å²) in [7, 11) is 0. The van der Waals surface area contributed by atoms with Gasteiger partial charge in [0.25, 0.3) is 0 Å². The summed E-state index contributed by atoms with van der Waals surface area (Å²) in [6, 6.07) is 60.7. The van der Waals surface area contributed by atoms with Crippen LogP contribution in [0, 0.1) is 0 Å². The number of aromatic nitrogens is 2. The minimum atomic E-state index is -0.515. The van der Waals surface area contributed by atoms with Crippen LogP contribution < -0.4 is 4.74 Å². The van der Waals surface area contributed by atoms with Crippen LogP contribution in [0.1, 0.15) is 47.2 Å². The van der Waals surface area contributed by atoms with Gasteiger partial charge < -0.3 is 4.74 Å². The fraction of sp³-hybridized carbons (Fsp3) is 0.0800. The summed E-state index contributed by atoms with van der Waals surface area (Å²) in [5.41, 5.74) is 16.5. The van der Waals surface area contributed by atoms with E-state index in [1.807, 2.05) is 24.3 Å². The lowest BCUT2D eigenvalue weighted by molar-refractivity contribution is 0.437. The van der Waals surface area contributed by atoms with E-state index in [2.05, 4.69) is 159 Å². The third-order valence-corrected chi connectivity index (χ3v) is 11.8. The van der Waals surface area contributed by atoms with E-state index >= 15 is 0 Å². The van der Waals surface area contributed by atoms with Gasteiger partial charge in [0.05, 0.1) is 16.8 Å². The molecule has 1 spiro atoms. The number of fused-ring (bicyclic) bond motifs is 13. The molecular weight excluding hydrogens is 645 g/mol. The Morgan fingerprint density at radius 2 is 0.981 bits per heavy atom. The van der Waals surface area contributed by atoms with Crippen LogP contribution in [0.25, 0.3) is 56.2 Å². The van der Waals surface area contributed by atoms with E-state index in [1.165, 1.54) is 55.6 Å². The van der Waals surface area contributed by atoms with Crippen LogP contribution >= 0.6 is 0 Å². The highest BCUT2D eigenvalue weighted by molar-refractivity contribution is 5.95. The second-order valence-corrected chi connectivity index (χ2v) is 14.9. The molecule has 0 atom stereocenters. The van der Waals surface area contributed by atoms with Crippen molar-refractivity contribution in [1.82, 2.24) is 9.97 Å². The van der Waals surface area contributed by atoms with Gasteiger partial charge in [0.15, 0.2) is 5.82 Å². The summed E-state index contributed by atoms with van der Waals surface area (Å²) in [4.78, 5) is 10.4. The van der Waals surface area contributed by atoms with Gasteiger partial charge in [0, 0.05) is 38.8 Å². The first-order valence-corrected chi connectivity index (χ1v) is 18.3. The fourth-order valence-corrected chi connectivity index (χ4v) is 9.55. The van der Waals surface area contributed by atoms with Crippen molar-refractivity contribution in [3.8, 4) is 67.7 Å². The first-order chi connectivity index (χ1) is 26.0. The van der Waals surface area contributed by atoms with E-state index in [0.717, 1.165) is 39.6 Å². The Hall–Kier alpha value is -6.58. The number of nitrogens with zero attached hydrogens (tertiary/aromatic N) is 2. The van der Waals surface area contributed by atoms with Crippen molar-refractivity contribution in [1.29, 1.82) is 0 Å². The van der Waals surface area contributed by atoms with Gasteiger partial charge in [-0.3, -0.25) is 0 Å². The van der Waals surface area contributed by atoms with Crippen LogP contribution in [0.2, 0.25) is 0 Å². The smallest absolute Gasteiger partial charge is 0.160 e. The Balaban J connectivity index is 1.19. The molecule has 0 fully saturated rings. The van der Waals surface area contributed by atoms with E-state index in [1.54, 1.807) is 0 Å². The fourth-order valence-electron chi connectivity index (χ4n) is 9.55. The molecule has 8 aromatic rings. The van der Waals surface area contributed by atoms with Crippen molar-refractivity contribution in [2.75, 3.05) is 0 Å². The highest BCUT2D eigenvalue weighted by atomic mass is 16.5. The zero-order valence-corrected chi connectivity index (χ0v) is 29.5. The molecule has 0 saturated heterocycles. The summed E-state index contributed by atoms with van der Waals surface area (Å²) in [5.74, 6) is 2.55. The van der Waals surface area contributed by atoms with Gasteiger partial charge >= 0.3 is 0 Å². The summed E-state index contributed by atoms with van der Waals surface area (Å²) in [6.07, 6.45) is 0. The van der Waals surface area contributed by atoms with Crippen molar-refractivity contribution in [3.05, 3.63) is 203 Å². The van der Waals surface area contributed by atoms with Crippen LogP contribution in [0.3, 0.4) is 0 Å². The second-order valence-electron chi connectivity index (χ2n) is 14.9. The Morgan fingerprint density at radius 1 is 0.434 bits per heavy atom. The first-order valence-electron chi connectivity index (χ1n) is 18.3. The molecule has 0 amide bonds. The zero-order valence-electron chi connectivity index (χ0n) is 29.5. The van der Waals surface area contributed by atoms with Crippen molar-refractivity contribution >= 4 is 0 Å².